The molecule has 0 amide bonds. The maximum absolute atomic E-state index is 13.2. The summed E-state index contributed by atoms with van der Waals surface area (Å²) in [5, 5.41) is 9.89. The number of hydrogen-bond acceptors (Lipinski definition) is 7. The molecule has 8 aliphatic rings. The lowest BCUT2D eigenvalue weighted by atomic mass is 9.58. The van der Waals surface area contributed by atoms with Crippen LogP contribution in [0.3, 0.4) is 0 Å². The molecule has 8 rings (SSSR count). The van der Waals surface area contributed by atoms with E-state index in [0.717, 1.165) is 32.1 Å². The van der Waals surface area contributed by atoms with Gasteiger partial charge in [0, 0.05) is 23.7 Å². The number of aliphatic carboxylic acids is 1. The van der Waals surface area contributed by atoms with Gasteiger partial charge in [0.2, 0.25) is 0 Å². The first-order chi connectivity index (χ1) is 16.1. The van der Waals surface area contributed by atoms with Crippen molar-refractivity contribution in [3.63, 3.8) is 0 Å². The predicted octanol–water partition coefficient (Wildman–Crippen LogP) is 2.17. The van der Waals surface area contributed by atoms with Crippen LogP contribution in [0.2, 0.25) is 0 Å². The van der Waals surface area contributed by atoms with Crippen molar-refractivity contribution in [2.24, 2.45) is 57.2 Å². The zero-order chi connectivity index (χ0) is 23.8. The molecule has 0 aromatic heterocycles. The number of fused-ring (bicyclic) bond motifs is 1. The van der Waals surface area contributed by atoms with Gasteiger partial charge < -0.3 is 14.6 Å². The molecule has 0 aromatic carbocycles. The van der Waals surface area contributed by atoms with Gasteiger partial charge in [-0.1, -0.05) is 0 Å². The van der Waals surface area contributed by atoms with Crippen LogP contribution in [0, 0.1) is 57.2 Å². The largest absolute Gasteiger partial charge is 0.481 e. The van der Waals surface area contributed by atoms with Gasteiger partial charge in [-0.15, -0.1) is 0 Å². The van der Waals surface area contributed by atoms with Crippen molar-refractivity contribution in [1.82, 2.24) is 0 Å². The molecule has 0 saturated heterocycles. The smallest absolute Gasteiger partial charge is 0.316 e. The van der Waals surface area contributed by atoms with Crippen molar-refractivity contribution in [3.05, 3.63) is 0 Å². The van der Waals surface area contributed by atoms with E-state index in [1.54, 1.807) is 0 Å². The van der Waals surface area contributed by atoms with E-state index >= 15 is 0 Å². The van der Waals surface area contributed by atoms with Gasteiger partial charge in [-0.25, -0.2) is 0 Å². The van der Waals surface area contributed by atoms with E-state index < -0.39 is 34.2 Å². The molecule has 8 atom stereocenters. The van der Waals surface area contributed by atoms with Crippen LogP contribution in [0.1, 0.15) is 58.3 Å². The summed E-state index contributed by atoms with van der Waals surface area (Å²) in [6, 6.07) is 0. The molecule has 34 heavy (non-hydrogen) atoms. The summed E-state index contributed by atoms with van der Waals surface area (Å²) in [6.45, 7) is 0.679. The average Bonchev–Trinajstić information content (AvgIpc) is 3.21. The monoisotopic (exact) mass is 470 g/mol. The van der Waals surface area contributed by atoms with Crippen LogP contribution in [0.25, 0.3) is 0 Å². The number of carboxylic acid groups (broad SMARTS) is 1. The third-order valence-corrected chi connectivity index (χ3v) is 11.4. The van der Waals surface area contributed by atoms with Crippen molar-refractivity contribution < 1.29 is 38.6 Å². The van der Waals surface area contributed by atoms with Crippen molar-refractivity contribution in [2.75, 3.05) is 13.2 Å². The molecule has 1 N–H and O–H groups in total. The fourth-order valence-corrected chi connectivity index (χ4v) is 9.51. The minimum Gasteiger partial charge on any atom is -0.481 e. The number of ketones is 2. The Kier molecular flexibility index (Phi) is 3.78. The van der Waals surface area contributed by atoms with Gasteiger partial charge >= 0.3 is 17.9 Å². The van der Waals surface area contributed by atoms with E-state index in [-0.39, 0.29) is 54.0 Å². The molecule has 1 spiro atoms. The molecule has 8 nitrogen and oxygen atoms in total. The lowest BCUT2D eigenvalue weighted by Gasteiger charge is -2.44. The maximum atomic E-state index is 13.2. The number of rotatable bonds is 7. The second-order valence-electron chi connectivity index (χ2n) is 12.9. The number of carbonyl (C=O) groups excluding carboxylic acids is 4. The van der Waals surface area contributed by atoms with E-state index in [0.29, 0.717) is 31.0 Å². The van der Waals surface area contributed by atoms with Gasteiger partial charge in [-0.05, 0) is 75.5 Å². The first-order valence-corrected chi connectivity index (χ1v) is 12.7. The Hall–Kier alpha value is -2.25. The second-order valence-corrected chi connectivity index (χ2v) is 12.9. The molecule has 0 aromatic rings. The van der Waals surface area contributed by atoms with Crippen molar-refractivity contribution in [3.8, 4) is 0 Å². The van der Waals surface area contributed by atoms with E-state index in [1.165, 1.54) is 6.92 Å². The maximum Gasteiger partial charge on any atom is 0.316 e. The fourth-order valence-electron chi connectivity index (χ4n) is 9.51. The number of hydrogen-bond donors (Lipinski definition) is 1. The van der Waals surface area contributed by atoms with Crippen LogP contribution in [0.15, 0.2) is 0 Å². The molecule has 8 saturated carbocycles. The quantitative estimate of drug-likeness (QED) is 0.562. The minimum atomic E-state index is -1.56. The van der Waals surface area contributed by atoms with Crippen LogP contribution in [-0.4, -0.2) is 47.8 Å². The molecular formula is C26H30O8. The van der Waals surface area contributed by atoms with Gasteiger partial charge in [-0.2, -0.15) is 0 Å². The van der Waals surface area contributed by atoms with Gasteiger partial charge in [0.15, 0.2) is 0 Å². The van der Waals surface area contributed by atoms with Crippen LogP contribution >= 0.6 is 0 Å². The van der Waals surface area contributed by atoms with Gasteiger partial charge in [0.25, 0.3) is 0 Å². The highest BCUT2D eigenvalue weighted by Gasteiger charge is 2.86. The Morgan fingerprint density at radius 3 is 2.18 bits per heavy atom. The number of Topliss-reactive ketones (excluding diaryl/α,β-unsaturated/α-hetero) is 2. The van der Waals surface area contributed by atoms with Crippen molar-refractivity contribution >= 4 is 29.5 Å². The molecule has 0 aliphatic heterocycles. The van der Waals surface area contributed by atoms with Crippen LogP contribution in [0.5, 0.6) is 0 Å². The summed E-state index contributed by atoms with van der Waals surface area (Å²) in [4.78, 5) is 63.2. The third kappa shape index (κ3) is 2.24. The second kappa shape index (κ2) is 6.11. The van der Waals surface area contributed by atoms with Crippen LogP contribution in [-0.2, 0) is 33.4 Å². The van der Waals surface area contributed by atoms with Gasteiger partial charge in [0.1, 0.15) is 30.2 Å². The Morgan fingerprint density at radius 2 is 1.53 bits per heavy atom. The molecular weight excluding hydrogens is 440 g/mol. The number of esters is 2. The standard InChI is InChI=1S/C26H30O8/c1-23(20(29)30,10-33-21(31)24-5-12-2-15(24)3-13(6-24)18(12)27)11-34-22(32)26-7-14-4-17-16(19(14)28)8-25(17,26)9-26/h12-17H,2-11H2,1H3,(H,29,30). The van der Waals surface area contributed by atoms with E-state index in [1.807, 2.05) is 0 Å². The molecule has 8 fully saturated rings. The highest BCUT2D eigenvalue weighted by molar-refractivity contribution is 5.94. The van der Waals surface area contributed by atoms with E-state index in [9.17, 15) is 29.1 Å². The zero-order valence-corrected chi connectivity index (χ0v) is 19.3. The van der Waals surface area contributed by atoms with Gasteiger partial charge in [-0.3, -0.25) is 24.0 Å². The first-order valence-electron chi connectivity index (χ1n) is 12.7. The van der Waals surface area contributed by atoms with Crippen molar-refractivity contribution in [2.45, 2.75) is 58.3 Å². The summed E-state index contributed by atoms with van der Waals surface area (Å²) in [5.41, 5.74) is -2.96. The lowest BCUT2D eigenvalue weighted by molar-refractivity contribution is -0.174. The van der Waals surface area contributed by atoms with Crippen LogP contribution in [0.4, 0.5) is 0 Å². The Balaban J connectivity index is 1.01. The Morgan fingerprint density at radius 1 is 0.912 bits per heavy atom. The summed E-state index contributed by atoms with van der Waals surface area (Å²) in [5.74, 6) is -1.06. The molecule has 8 aliphatic carbocycles. The van der Waals surface area contributed by atoms with Crippen LogP contribution < -0.4 is 0 Å². The number of carbonyl (C=O) groups is 5. The molecule has 6 bridgehead atoms. The Bertz CT molecular complexity index is 1060. The highest BCUT2D eigenvalue weighted by atomic mass is 16.6. The summed E-state index contributed by atoms with van der Waals surface area (Å²) in [7, 11) is 0. The normalized spacial score (nSPS) is 49.8. The highest BCUT2D eigenvalue weighted by Crippen LogP contribution is 2.86. The molecule has 182 valence electrons. The van der Waals surface area contributed by atoms with E-state index in [4.69, 9.17) is 9.47 Å². The zero-order valence-electron chi connectivity index (χ0n) is 19.3. The summed E-state index contributed by atoms with van der Waals surface area (Å²) >= 11 is 0. The van der Waals surface area contributed by atoms with Gasteiger partial charge in [0.05, 0.1) is 10.8 Å². The SMILES string of the molecule is CC(COC(=O)C12CC3CC1CC(C2)C3=O)(COC(=O)C12CC3CC4C(CC41C2)C3=O)C(=O)O. The first kappa shape index (κ1) is 21.1. The van der Waals surface area contributed by atoms with E-state index in [2.05, 4.69) is 0 Å². The minimum absolute atomic E-state index is 0.0596. The number of carboxylic acids is 1. The van der Waals surface area contributed by atoms with Crippen molar-refractivity contribution in [1.29, 1.82) is 0 Å². The fraction of sp³-hybridized carbons (Fsp3) is 0.808. The third-order valence-electron chi connectivity index (χ3n) is 11.4. The summed E-state index contributed by atoms with van der Waals surface area (Å²) in [6.07, 6.45) is 5.41. The molecule has 0 heterocycles. The molecule has 8 unspecified atom stereocenters. The topological polar surface area (TPSA) is 124 Å². The summed E-state index contributed by atoms with van der Waals surface area (Å²) < 4.78 is 11.2. The average molecular weight is 471 g/mol. The lowest BCUT2D eigenvalue weighted by Crippen LogP contribution is -2.45. The molecule has 8 heteroatoms. The Labute approximate surface area is 197 Å². The number of ether oxygens (including phenoxy) is 2. The predicted molar refractivity (Wildman–Crippen MR) is 113 cm³/mol. The molecule has 0 radical (unpaired) electrons.